The molecule has 0 radical (unpaired) electrons. The summed E-state index contributed by atoms with van der Waals surface area (Å²) in [6.07, 6.45) is 8.09. The van der Waals surface area contributed by atoms with Gasteiger partial charge >= 0.3 is 5.97 Å². The first-order valence-corrected chi connectivity index (χ1v) is 9.81. The summed E-state index contributed by atoms with van der Waals surface area (Å²) in [5.74, 6) is -1.46. The Morgan fingerprint density at radius 1 is 1.24 bits per heavy atom. The van der Waals surface area contributed by atoms with Crippen LogP contribution in [0.1, 0.15) is 46.4 Å². The molecule has 0 atom stereocenters. The van der Waals surface area contributed by atoms with Gasteiger partial charge in [0.2, 0.25) is 5.95 Å². The topological polar surface area (TPSA) is 105 Å². The first-order chi connectivity index (χ1) is 13.9. The van der Waals surface area contributed by atoms with E-state index in [0.29, 0.717) is 35.4 Å². The van der Waals surface area contributed by atoms with E-state index >= 15 is 0 Å². The molecule has 3 aromatic heterocycles. The van der Waals surface area contributed by atoms with Gasteiger partial charge in [-0.15, -0.1) is 0 Å². The van der Waals surface area contributed by atoms with Crippen molar-refractivity contribution in [2.45, 2.75) is 44.1 Å². The van der Waals surface area contributed by atoms with Gasteiger partial charge in [0, 0.05) is 41.2 Å². The number of hydrogen-bond donors (Lipinski definition) is 3. The first kappa shape index (κ1) is 18.0. The van der Waals surface area contributed by atoms with E-state index in [9.17, 15) is 14.3 Å². The minimum atomic E-state index is -0.916. The van der Waals surface area contributed by atoms with E-state index in [1.54, 1.807) is 6.07 Å². The molecule has 5 rings (SSSR count). The van der Waals surface area contributed by atoms with E-state index in [2.05, 4.69) is 15.0 Å². The predicted octanol–water partition coefficient (Wildman–Crippen LogP) is 3.50. The van der Waals surface area contributed by atoms with Crippen LogP contribution in [0.4, 0.5) is 4.39 Å². The van der Waals surface area contributed by atoms with Gasteiger partial charge in [0.05, 0.1) is 17.0 Å². The summed E-state index contributed by atoms with van der Waals surface area (Å²) in [6, 6.07) is 4.87. The number of aromatic nitrogens is 3. The number of aromatic carboxylic acids is 1. The molecule has 1 fully saturated rings. The normalized spacial score (nSPS) is 16.6. The van der Waals surface area contributed by atoms with Crippen LogP contribution in [-0.2, 0) is 19.3 Å². The van der Waals surface area contributed by atoms with Gasteiger partial charge in [-0.3, -0.25) is 4.98 Å². The molecular formula is C22H21FN4O2. The lowest BCUT2D eigenvalue weighted by Gasteiger charge is -2.38. The molecule has 0 aliphatic heterocycles. The fourth-order valence-electron chi connectivity index (χ4n) is 4.49. The predicted molar refractivity (Wildman–Crippen MR) is 106 cm³/mol. The van der Waals surface area contributed by atoms with E-state index in [4.69, 9.17) is 5.73 Å². The number of nitrogens with one attached hydrogen (secondary N) is 1. The third-order valence-electron chi connectivity index (χ3n) is 6.20. The average molecular weight is 392 g/mol. The third kappa shape index (κ3) is 3.02. The molecule has 1 saturated carbocycles. The van der Waals surface area contributed by atoms with E-state index in [1.165, 1.54) is 12.3 Å². The molecule has 29 heavy (non-hydrogen) atoms. The molecule has 0 saturated heterocycles. The minimum absolute atomic E-state index is 0.316. The van der Waals surface area contributed by atoms with Crippen molar-refractivity contribution in [3.63, 3.8) is 0 Å². The average Bonchev–Trinajstić information content (AvgIpc) is 3.05. The van der Waals surface area contributed by atoms with Crippen LogP contribution >= 0.6 is 0 Å². The summed E-state index contributed by atoms with van der Waals surface area (Å²) >= 11 is 0. The summed E-state index contributed by atoms with van der Waals surface area (Å²) in [5.41, 5.74) is 12.2. The van der Waals surface area contributed by atoms with Gasteiger partial charge in [0.15, 0.2) is 0 Å². The van der Waals surface area contributed by atoms with E-state index in [0.717, 1.165) is 48.1 Å². The van der Waals surface area contributed by atoms with Gasteiger partial charge in [-0.05, 0) is 61.4 Å². The second-order valence-corrected chi connectivity index (χ2v) is 8.13. The van der Waals surface area contributed by atoms with Crippen LogP contribution in [0.15, 0.2) is 30.6 Å². The monoisotopic (exact) mass is 392 g/mol. The van der Waals surface area contributed by atoms with Crippen molar-refractivity contribution >= 4 is 5.97 Å². The number of rotatable bonds is 4. The number of pyridine rings is 2. The number of nitrogens with two attached hydrogens (primary N) is 1. The number of halogens is 1. The number of H-pyrrole nitrogens is 1. The van der Waals surface area contributed by atoms with Crippen molar-refractivity contribution in [2.75, 3.05) is 0 Å². The molecule has 0 spiro atoms. The lowest BCUT2D eigenvalue weighted by molar-refractivity contribution is 0.0694. The minimum Gasteiger partial charge on any atom is -0.478 e. The zero-order chi connectivity index (χ0) is 20.2. The zero-order valence-electron chi connectivity index (χ0n) is 15.8. The summed E-state index contributed by atoms with van der Waals surface area (Å²) in [6.45, 7) is 0. The van der Waals surface area contributed by atoms with Crippen molar-refractivity contribution in [1.82, 2.24) is 15.0 Å². The molecule has 6 nitrogen and oxygen atoms in total. The number of carboxylic acids is 1. The fraction of sp³-hybridized carbons (Fsp3) is 0.318. The lowest BCUT2D eigenvalue weighted by atomic mass is 9.74. The number of aromatic amines is 1. The Kier molecular flexibility index (Phi) is 4.03. The Morgan fingerprint density at radius 2 is 2.07 bits per heavy atom. The molecule has 3 aromatic rings. The standard InChI is InChI=1S/C22H21FN4O2/c23-18-5-3-13(11-26-18)16-8-15-12(10-25-16)2-4-14-19(21(28)29)17(27-20(14)15)9-22(24)6-1-7-22/h3,5,8,10-11,27H,1-2,4,6-7,9,24H2,(H,28,29). The molecule has 0 unspecified atom stereocenters. The number of hydrogen-bond acceptors (Lipinski definition) is 4. The third-order valence-corrected chi connectivity index (χ3v) is 6.20. The van der Waals surface area contributed by atoms with Crippen molar-refractivity contribution in [3.8, 4) is 22.5 Å². The van der Waals surface area contributed by atoms with Crippen LogP contribution < -0.4 is 5.73 Å². The highest BCUT2D eigenvalue weighted by molar-refractivity contribution is 5.94. The maximum absolute atomic E-state index is 13.2. The number of carbonyl (C=O) groups is 1. The van der Waals surface area contributed by atoms with Gasteiger partial charge in [0.1, 0.15) is 0 Å². The van der Waals surface area contributed by atoms with Gasteiger partial charge in [-0.1, -0.05) is 0 Å². The van der Waals surface area contributed by atoms with Crippen molar-refractivity contribution in [1.29, 1.82) is 0 Å². The maximum Gasteiger partial charge on any atom is 0.337 e. The summed E-state index contributed by atoms with van der Waals surface area (Å²) in [4.78, 5) is 23.7. The Hall–Kier alpha value is -3.06. The van der Waals surface area contributed by atoms with E-state index in [1.807, 2.05) is 12.3 Å². The van der Waals surface area contributed by atoms with E-state index < -0.39 is 11.9 Å². The van der Waals surface area contributed by atoms with Crippen LogP contribution in [-0.4, -0.2) is 31.6 Å². The van der Waals surface area contributed by atoms with Crippen molar-refractivity contribution in [2.24, 2.45) is 5.73 Å². The Bertz CT molecular complexity index is 1120. The second-order valence-electron chi connectivity index (χ2n) is 8.13. The maximum atomic E-state index is 13.2. The molecule has 3 heterocycles. The highest BCUT2D eigenvalue weighted by Crippen LogP contribution is 2.40. The Morgan fingerprint density at radius 3 is 2.72 bits per heavy atom. The molecule has 2 aliphatic carbocycles. The molecule has 148 valence electrons. The quantitative estimate of drug-likeness (QED) is 0.590. The van der Waals surface area contributed by atoms with Gasteiger partial charge in [-0.2, -0.15) is 4.39 Å². The first-order valence-electron chi connectivity index (χ1n) is 9.81. The zero-order valence-corrected chi connectivity index (χ0v) is 15.8. The van der Waals surface area contributed by atoms with Crippen molar-refractivity contribution in [3.05, 3.63) is 58.9 Å². The second kappa shape index (κ2) is 6.49. The van der Waals surface area contributed by atoms with Gasteiger partial charge in [-0.25, -0.2) is 9.78 Å². The molecule has 4 N–H and O–H groups in total. The Balaban J connectivity index is 1.61. The van der Waals surface area contributed by atoms with E-state index in [-0.39, 0.29) is 5.54 Å². The smallest absolute Gasteiger partial charge is 0.337 e. The molecular weight excluding hydrogens is 371 g/mol. The van der Waals surface area contributed by atoms with Gasteiger partial charge in [0.25, 0.3) is 0 Å². The highest BCUT2D eigenvalue weighted by Gasteiger charge is 2.36. The molecule has 2 aliphatic rings. The van der Waals surface area contributed by atoms with Crippen molar-refractivity contribution < 1.29 is 14.3 Å². The number of nitrogens with zero attached hydrogens (tertiary/aromatic N) is 2. The van der Waals surface area contributed by atoms with Gasteiger partial charge < -0.3 is 15.8 Å². The summed E-state index contributed by atoms with van der Waals surface area (Å²) in [7, 11) is 0. The number of aryl methyl sites for hydroxylation is 1. The van der Waals surface area contributed by atoms with Crippen LogP contribution in [0.3, 0.4) is 0 Å². The number of fused-ring (bicyclic) bond motifs is 3. The largest absolute Gasteiger partial charge is 0.478 e. The molecule has 7 heteroatoms. The highest BCUT2D eigenvalue weighted by atomic mass is 19.1. The van der Waals surface area contributed by atoms with Crippen LogP contribution in [0, 0.1) is 5.95 Å². The SMILES string of the molecule is NC1(Cc2[nH]c3c(c2C(=O)O)CCc2cnc(-c4ccc(F)nc4)cc2-3)CCC1. The fourth-order valence-corrected chi connectivity index (χ4v) is 4.49. The molecule has 0 bridgehead atoms. The van der Waals surface area contributed by atoms with Crippen LogP contribution in [0.5, 0.6) is 0 Å². The summed E-state index contributed by atoms with van der Waals surface area (Å²) < 4.78 is 13.2. The summed E-state index contributed by atoms with van der Waals surface area (Å²) in [5, 5.41) is 9.89. The Labute approximate surface area is 167 Å². The molecule has 0 amide bonds. The lowest BCUT2D eigenvalue weighted by Crippen LogP contribution is -2.48. The number of carboxylic acid groups (broad SMARTS) is 1. The van der Waals surface area contributed by atoms with Crippen LogP contribution in [0.2, 0.25) is 0 Å². The molecule has 0 aromatic carbocycles. The van der Waals surface area contributed by atoms with Crippen LogP contribution in [0.25, 0.3) is 22.5 Å².